The molecule has 5 heteroatoms. The van der Waals surface area contributed by atoms with E-state index < -0.39 is 12.1 Å². The zero-order valence-corrected chi connectivity index (χ0v) is 5.99. The fraction of sp³-hybridized carbons (Fsp3) is 0.833. The highest BCUT2D eigenvalue weighted by molar-refractivity contribution is 5.69. The largest absolute Gasteiger partial charge is 0.480 e. The summed E-state index contributed by atoms with van der Waals surface area (Å²) in [4.78, 5) is 10.1. The first-order valence-corrected chi connectivity index (χ1v) is 3.41. The summed E-state index contributed by atoms with van der Waals surface area (Å²) in [5.41, 5.74) is 0. The second-order valence-electron chi connectivity index (χ2n) is 2.49. The molecular weight excluding hydrogens is 150 g/mol. The van der Waals surface area contributed by atoms with Crippen LogP contribution in [0.3, 0.4) is 0 Å². The monoisotopic (exact) mass is 161 g/mol. The Morgan fingerprint density at radius 2 is 2.36 bits per heavy atom. The van der Waals surface area contributed by atoms with Crippen LogP contribution in [-0.4, -0.2) is 48.1 Å². The van der Waals surface area contributed by atoms with Crippen LogP contribution in [0.1, 0.15) is 0 Å². The highest BCUT2D eigenvalue weighted by Gasteiger charge is 2.25. The quantitative estimate of drug-likeness (QED) is 0.465. The van der Waals surface area contributed by atoms with Crippen molar-refractivity contribution >= 4 is 5.97 Å². The minimum Gasteiger partial charge on any atom is -0.480 e. The first-order valence-electron chi connectivity index (χ1n) is 3.41. The molecule has 1 fully saturated rings. The lowest BCUT2D eigenvalue weighted by molar-refractivity contribution is -0.136. The molecule has 0 aliphatic carbocycles. The highest BCUT2D eigenvalue weighted by Crippen LogP contribution is 2.03. The maximum absolute atomic E-state index is 10.1. The van der Waals surface area contributed by atoms with E-state index in [-0.39, 0.29) is 19.2 Å². The van der Waals surface area contributed by atoms with Crippen LogP contribution in [0, 0.1) is 0 Å². The van der Waals surface area contributed by atoms with E-state index in [0.717, 1.165) is 0 Å². The van der Waals surface area contributed by atoms with Gasteiger partial charge in [0.2, 0.25) is 0 Å². The second kappa shape index (κ2) is 3.66. The number of nitrogens with one attached hydrogen (secondary N) is 1. The summed E-state index contributed by atoms with van der Waals surface area (Å²) < 4.78 is 4.90. The van der Waals surface area contributed by atoms with Crippen molar-refractivity contribution in [1.29, 1.82) is 0 Å². The van der Waals surface area contributed by atoms with E-state index in [9.17, 15) is 4.79 Å². The Labute approximate surface area is 64.0 Å². The molecule has 1 rings (SSSR count). The third-order valence-corrected chi connectivity index (χ3v) is 1.57. The van der Waals surface area contributed by atoms with Crippen LogP contribution in [0.15, 0.2) is 0 Å². The first kappa shape index (κ1) is 8.45. The van der Waals surface area contributed by atoms with Gasteiger partial charge in [0.25, 0.3) is 0 Å². The van der Waals surface area contributed by atoms with E-state index in [4.69, 9.17) is 14.9 Å². The number of hydrogen-bond donors (Lipinski definition) is 3. The number of aliphatic carboxylic acids is 1. The molecule has 2 atom stereocenters. The molecule has 0 aromatic rings. The van der Waals surface area contributed by atoms with Crippen LogP contribution in [-0.2, 0) is 9.53 Å². The van der Waals surface area contributed by atoms with Gasteiger partial charge in [0, 0.05) is 0 Å². The third kappa shape index (κ3) is 2.45. The molecular formula is C6H11NO4. The molecule has 0 aromatic carbocycles. The fourth-order valence-corrected chi connectivity index (χ4v) is 0.956. The summed E-state index contributed by atoms with van der Waals surface area (Å²) in [6, 6.07) is -0.230. The second-order valence-corrected chi connectivity index (χ2v) is 2.49. The molecule has 1 saturated heterocycles. The van der Waals surface area contributed by atoms with E-state index in [0.29, 0.717) is 6.61 Å². The summed E-state index contributed by atoms with van der Waals surface area (Å²) in [5.74, 6) is -0.927. The van der Waals surface area contributed by atoms with Crippen LogP contribution in [0.25, 0.3) is 0 Å². The van der Waals surface area contributed by atoms with Gasteiger partial charge in [-0.2, -0.15) is 0 Å². The summed E-state index contributed by atoms with van der Waals surface area (Å²) in [5, 5.41) is 20.1. The van der Waals surface area contributed by atoms with Gasteiger partial charge in [-0.1, -0.05) is 0 Å². The minimum absolute atomic E-state index is 0.134. The number of carbonyl (C=O) groups is 1. The number of rotatable bonds is 3. The van der Waals surface area contributed by atoms with Gasteiger partial charge in [-0.3, -0.25) is 10.1 Å². The number of aliphatic hydroxyl groups is 1. The molecule has 0 aromatic heterocycles. The first-order chi connectivity index (χ1) is 5.20. The van der Waals surface area contributed by atoms with Crippen molar-refractivity contribution in [2.75, 3.05) is 19.8 Å². The number of aliphatic hydroxyl groups excluding tert-OH is 1. The normalized spacial score (nSPS) is 30.6. The van der Waals surface area contributed by atoms with Crippen molar-refractivity contribution in [3.05, 3.63) is 0 Å². The number of carboxylic acid groups (broad SMARTS) is 1. The van der Waals surface area contributed by atoms with E-state index in [2.05, 4.69) is 5.32 Å². The Balaban J connectivity index is 2.20. The van der Waals surface area contributed by atoms with Crippen molar-refractivity contribution < 1.29 is 19.7 Å². The van der Waals surface area contributed by atoms with Crippen LogP contribution in [0.2, 0.25) is 0 Å². The topological polar surface area (TPSA) is 78.8 Å². The van der Waals surface area contributed by atoms with Gasteiger partial charge < -0.3 is 14.9 Å². The van der Waals surface area contributed by atoms with Crippen LogP contribution in [0.4, 0.5) is 0 Å². The smallest absolute Gasteiger partial charge is 0.317 e. The zero-order valence-electron chi connectivity index (χ0n) is 5.99. The minimum atomic E-state index is -0.927. The molecule has 2 unspecified atom stereocenters. The fourth-order valence-electron chi connectivity index (χ4n) is 0.956. The van der Waals surface area contributed by atoms with Crippen LogP contribution >= 0.6 is 0 Å². The molecule has 1 aliphatic rings. The molecule has 0 radical (unpaired) electrons. The molecule has 1 heterocycles. The predicted octanol–water partition coefficient (Wildman–Crippen LogP) is -1.58. The number of ether oxygens (including phenoxy) is 1. The number of carboxylic acids is 1. The molecule has 11 heavy (non-hydrogen) atoms. The van der Waals surface area contributed by atoms with E-state index in [1.807, 2.05) is 0 Å². The average Bonchev–Trinajstić information content (AvgIpc) is 2.31. The maximum Gasteiger partial charge on any atom is 0.317 e. The van der Waals surface area contributed by atoms with Gasteiger partial charge in [0.1, 0.15) is 0 Å². The summed E-state index contributed by atoms with van der Waals surface area (Å²) in [6.45, 7) is 0.539. The number of hydrogen-bond acceptors (Lipinski definition) is 4. The Kier molecular flexibility index (Phi) is 2.81. The molecule has 0 spiro atoms. The molecule has 5 nitrogen and oxygen atoms in total. The van der Waals surface area contributed by atoms with Gasteiger partial charge in [-0.15, -0.1) is 0 Å². The van der Waals surface area contributed by atoms with Gasteiger partial charge in [-0.25, -0.2) is 0 Å². The average molecular weight is 161 g/mol. The van der Waals surface area contributed by atoms with Crippen LogP contribution < -0.4 is 5.32 Å². The Morgan fingerprint density at radius 1 is 1.64 bits per heavy atom. The predicted molar refractivity (Wildman–Crippen MR) is 36.3 cm³/mol. The highest BCUT2D eigenvalue weighted by atomic mass is 16.5. The van der Waals surface area contributed by atoms with Gasteiger partial charge in [-0.05, 0) is 0 Å². The SMILES string of the molecule is O=C(O)CNC1COCC1O. The van der Waals surface area contributed by atoms with Gasteiger partial charge in [0.15, 0.2) is 0 Å². The van der Waals surface area contributed by atoms with Gasteiger partial charge in [0.05, 0.1) is 31.9 Å². The molecule has 64 valence electrons. The van der Waals surface area contributed by atoms with Crippen molar-refractivity contribution in [3.8, 4) is 0 Å². The Morgan fingerprint density at radius 3 is 2.82 bits per heavy atom. The van der Waals surface area contributed by atoms with Crippen molar-refractivity contribution in [1.82, 2.24) is 5.32 Å². The standard InChI is InChI=1S/C6H11NO4/c8-5-3-11-2-4(5)7-1-6(9)10/h4-5,7-8H,1-3H2,(H,9,10). The Hall–Kier alpha value is -0.650. The third-order valence-electron chi connectivity index (χ3n) is 1.57. The molecule has 1 aliphatic heterocycles. The van der Waals surface area contributed by atoms with Crippen molar-refractivity contribution in [2.45, 2.75) is 12.1 Å². The summed E-state index contributed by atoms with van der Waals surface area (Å²) >= 11 is 0. The Bertz CT molecular complexity index is 150. The zero-order chi connectivity index (χ0) is 8.27. The molecule has 3 N–H and O–H groups in total. The van der Waals surface area contributed by atoms with Crippen molar-refractivity contribution in [2.24, 2.45) is 0 Å². The lowest BCUT2D eigenvalue weighted by Gasteiger charge is -2.11. The lowest BCUT2D eigenvalue weighted by atomic mass is 10.2. The lowest BCUT2D eigenvalue weighted by Crippen LogP contribution is -2.41. The van der Waals surface area contributed by atoms with Crippen LogP contribution in [0.5, 0.6) is 0 Å². The van der Waals surface area contributed by atoms with Crippen molar-refractivity contribution in [3.63, 3.8) is 0 Å². The van der Waals surface area contributed by atoms with Gasteiger partial charge >= 0.3 is 5.97 Å². The molecule has 0 amide bonds. The summed E-state index contributed by atoms with van der Waals surface area (Å²) in [7, 11) is 0. The molecule has 0 saturated carbocycles. The van der Waals surface area contributed by atoms with E-state index in [1.54, 1.807) is 0 Å². The summed E-state index contributed by atoms with van der Waals surface area (Å²) in [6.07, 6.45) is -0.575. The van der Waals surface area contributed by atoms with E-state index in [1.165, 1.54) is 0 Å². The molecule has 0 bridgehead atoms. The van der Waals surface area contributed by atoms with E-state index >= 15 is 0 Å². The maximum atomic E-state index is 10.1.